The quantitative estimate of drug-likeness (QED) is 0.302. The number of benzene rings is 2. The second-order valence-corrected chi connectivity index (χ2v) is 10.9. The van der Waals surface area contributed by atoms with E-state index in [1.807, 2.05) is 12.1 Å². The molecule has 2 aliphatic carbocycles. The van der Waals surface area contributed by atoms with Gasteiger partial charge in [0.25, 0.3) is 0 Å². The van der Waals surface area contributed by atoms with Crippen molar-refractivity contribution in [2.45, 2.75) is 56.1 Å². The predicted octanol–water partition coefficient (Wildman–Crippen LogP) is 3.50. The van der Waals surface area contributed by atoms with Crippen molar-refractivity contribution in [3.8, 4) is 11.5 Å². The molecule has 0 radical (unpaired) electrons. The molecule has 2 heterocycles. The lowest BCUT2D eigenvalue weighted by atomic mass is 9.52. The van der Waals surface area contributed by atoms with Crippen LogP contribution in [-0.4, -0.2) is 59.9 Å². The number of carboxylic acid groups (broad SMARTS) is 1. The Morgan fingerprint density at radius 2 is 1.97 bits per heavy atom. The van der Waals surface area contributed by atoms with Gasteiger partial charge in [-0.25, -0.2) is 4.79 Å². The summed E-state index contributed by atoms with van der Waals surface area (Å²) in [6, 6.07) is 10.5. The highest BCUT2D eigenvalue weighted by Gasteiger charge is 2.64. The van der Waals surface area contributed by atoms with Gasteiger partial charge in [0.2, 0.25) is 5.91 Å². The van der Waals surface area contributed by atoms with Crippen LogP contribution in [0.4, 0.5) is 5.69 Å². The molecule has 4 unspecified atom stereocenters. The summed E-state index contributed by atoms with van der Waals surface area (Å²) in [6.45, 7) is 0.915. The van der Waals surface area contributed by atoms with Gasteiger partial charge in [0.1, 0.15) is 12.4 Å². The lowest BCUT2D eigenvalue weighted by Crippen LogP contribution is -2.63. The van der Waals surface area contributed by atoms with Crippen molar-refractivity contribution in [3.63, 3.8) is 0 Å². The molecule has 2 aliphatic heterocycles. The molecular formula is C30H30N2O7. The summed E-state index contributed by atoms with van der Waals surface area (Å²) in [6.07, 6.45) is 5.42. The van der Waals surface area contributed by atoms with Crippen LogP contribution in [0.2, 0.25) is 0 Å². The maximum atomic E-state index is 13.1. The monoisotopic (exact) mass is 530 g/mol. The summed E-state index contributed by atoms with van der Waals surface area (Å²) in [7, 11) is 2.17. The first-order chi connectivity index (χ1) is 18.8. The number of rotatable bonds is 8. The molecule has 1 amide bonds. The van der Waals surface area contributed by atoms with Crippen molar-refractivity contribution in [1.82, 2.24) is 4.90 Å². The maximum absolute atomic E-state index is 13.1. The van der Waals surface area contributed by atoms with E-state index in [0.29, 0.717) is 40.3 Å². The Morgan fingerprint density at radius 3 is 2.72 bits per heavy atom. The third-order valence-electron chi connectivity index (χ3n) is 8.82. The number of hydrogen-bond donors (Lipinski definition) is 2. The summed E-state index contributed by atoms with van der Waals surface area (Å²) in [4.78, 5) is 50.2. The van der Waals surface area contributed by atoms with Gasteiger partial charge in [-0.05, 0) is 81.1 Å². The fraction of sp³-hybridized carbons (Fsp3) is 0.400. The highest BCUT2D eigenvalue weighted by atomic mass is 16.6. The minimum absolute atomic E-state index is 0.0699. The molecule has 9 heteroatoms. The number of likely N-dealkylation sites (N-methyl/N-ethyl adjacent to an activating group) is 1. The highest BCUT2D eigenvalue weighted by molar-refractivity contribution is 5.94. The van der Waals surface area contributed by atoms with Crippen molar-refractivity contribution in [2.24, 2.45) is 5.92 Å². The van der Waals surface area contributed by atoms with E-state index in [4.69, 9.17) is 14.6 Å². The van der Waals surface area contributed by atoms with Gasteiger partial charge in [-0.2, -0.15) is 0 Å². The maximum Gasteiger partial charge on any atom is 0.343 e. The Balaban J connectivity index is 1.23. The molecule has 4 aliphatic rings. The summed E-state index contributed by atoms with van der Waals surface area (Å²) in [5, 5.41) is 11.4. The number of esters is 1. The fourth-order valence-electron chi connectivity index (χ4n) is 7.04. The predicted molar refractivity (Wildman–Crippen MR) is 141 cm³/mol. The van der Waals surface area contributed by atoms with Crippen LogP contribution in [0, 0.1) is 5.92 Å². The Kier molecular flexibility index (Phi) is 6.26. The van der Waals surface area contributed by atoms with Crippen molar-refractivity contribution in [2.75, 3.05) is 18.9 Å². The van der Waals surface area contributed by atoms with Crippen LogP contribution in [0.1, 0.15) is 53.6 Å². The topological polar surface area (TPSA) is 122 Å². The Hall–Kier alpha value is -3.98. The molecule has 1 saturated heterocycles. The van der Waals surface area contributed by atoms with Crippen molar-refractivity contribution < 1.29 is 33.8 Å². The Labute approximate surface area is 225 Å². The number of piperidine rings is 1. The number of anilines is 1. The molecule has 1 spiro atoms. The van der Waals surface area contributed by atoms with Crippen LogP contribution in [0.3, 0.4) is 0 Å². The number of likely N-dealkylation sites (tertiary alicyclic amines) is 1. The Bertz CT molecular complexity index is 1400. The average molecular weight is 531 g/mol. The molecule has 0 saturated carbocycles. The zero-order chi connectivity index (χ0) is 27.3. The van der Waals surface area contributed by atoms with E-state index in [1.54, 1.807) is 30.3 Å². The van der Waals surface area contributed by atoms with Crippen molar-refractivity contribution >= 4 is 29.8 Å². The molecule has 2 aromatic rings. The summed E-state index contributed by atoms with van der Waals surface area (Å²) < 4.78 is 12.4. The number of carboxylic acids is 1. The van der Waals surface area contributed by atoms with Gasteiger partial charge < -0.3 is 24.8 Å². The minimum atomic E-state index is -0.942. The van der Waals surface area contributed by atoms with Crippen LogP contribution in [0.15, 0.2) is 48.0 Å². The van der Waals surface area contributed by atoms with E-state index in [0.717, 1.165) is 37.7 Å². The van der Waals surface area contributed by atoms with Gasteiger partial charge in [0.05, 0.1) is 5.56 Å². The molecule has 1 fully saturated rings. The molecule has 4 atom stereocenters. The smallest absolute Gasteiger partial charge is 0.343 e. The van der Waals surface area contributed by atoms with Crippen molar-refractivity contribution in [3.05, 3.63) is 64.7 Å². The van der Waals surface area contributed by atoms with E-state index >= 15 is 0 Å². The number of carbonyl (C=O) groups excluding carboxylic acids is 3. The Morgan fingerprint density at radius 1 is 1.18 bits per heavy atom. The van der Waals surface area contributed by atoms with E-state index in [2.05, 4.69) is 17.3 Å². The lowest BCUT2D eigenvalue weighted by Gasteiger charge is -2.56. The van der Waals surface area contributed by atoms with Gasteiger partial charge in [0.15, 0.2) is 11.5 Å². The van der Waals surface area contributed by atoms with Crippen LogP contribution >= 0.6 is 0 Å². The van der Waals surface area contributed by atoms with Gasteiger partial charge in [0, 0.05) is 41.1 Å². The molecule has 2 bridgehead atoms. The molecule has 2 N–H and O–H groups in total. The molecular weight excluding hydrogens is 500 g/mol. The third kappa shape index (κ3) is 4.12. The highest BCUT2D eigenvalue weighted by Crippen LogP contribution is 2.63. The molecule has 9 nitrogen and oxygen atoms in total. The zero-order valence-corrected chi connectivity index (χ0v) is 21.6. The first-order valence-electron chi connectivity index (χ1n) is 13.3. The third-order valence-corrected chi connectivity index (χ3v) is 8.82. The zero-order valence-electron chi connectivity index (χ0n) is 21.6. The van der Waals surface area contributed by atoms with Crippen LogP contribution in [-0.2, 0) is 26.2 Å². The van der Waals surface area contributed by atoms with Crippen LogP contribution < -0.4 is 14.8 Å². The number of nitrogens with one attached hydrogen (secondary N) is 1. The number of hydrogen-bond acceptors (Lipinski definition) is 7. The first kappa shape index (κ1) is 25.3. The minimum Gasteiger partial charge on any atom is -0.481 e. The normalized spacial score (nSPS) is 26.1. The number of amides is 1. The number of aldehydes is 1. The van der Waals surface area contributed by atoms with E-state index < -0.39 is 11.9 Å². The summed E-state index contributed by atoms with van der Waals surface area (Å²) in [5.74, 6) is -0.543. The van der Waals surface area contributed by atoms with Gasteiger partial charge >= 0.3 is 11.9 Å². The van der Waals surface area contributed by atoms with E-state index in [-0.39, 0.29) is 36.7 Å². The fourth-order valence-corrected chi connectivity index (χ4v) is 7.04. The number of carbonyl (C=O) groups is 4. The number of nitrogens with zero attached hydrogens (tertiary/aromatic N) is 1. The standard InChI is InChI=1S/C30H30N2O7/c1-32-14-13-30-21-11-7-19(16-33)28(30)39-27-23(12-8-18(26(27)30)15-22(21)32)38-29(37)17-5-9-20(10-6-17)31-24(34)3-2-4-25(35)36/h5-10,12,16,21-22,28H,2-4,11,13-15H2,1H3,(H,31,34)(H,35,36). The first-order valence-corrected chi connectivity index (χ1v) is 13.3. The van der Waals surface area contributed by atoms with Gasteiger partial charge in [-0.3, -0.25) is 14.4 Å². The molecule has 2 aromatic carbocycles. The number of allylic oxidation sites excluding steroid dienone is 1. The SMILES string of the molecule is CN1CCC23c4c5ccc(OC(=O)c6ccc(NC(=O)CCCC(=O)O)cc6)c4OC2C(C=O)=CCC3C1C5. The number of ether oxygens (including phenoxy) is 2. The summed E-state index contributed by atoms with van der Waals surface area (Å²) >= 11 is 0. The van der Waals surface area contributed by atoms with Crippen LogP contribution in [0.5, 0.6) is 11.5 Å². The lowest BCUT2D eigenvalue weighted by molar-refractivity contribution is -0.137. The van der Waals surface area contributed by atoms with Crippen LogP contribution in [0.25, 0.3) is 0 Å². The van der Waals surface area contributed by atoms with E-state index in [1.165, 1.54) is 5.56 Å². The largest absolute Gasteiger partial charge is 0.481 e. The summed E-state index contributed by atoms with van der Waals surface area (Å²) in [5.41, 5.74) is 3.47. The van der Waals surface area contributed by atoms with Gasteiger partial charge in [-0.15, -0.1) is 0 Å². The number of aliphatic carboxylic acids is 1. The molecule has 0 aromatic heterocycles. The average Bonchev–Trinajstić information content (AvgIpc) is 3.27. The van der Waals surface area contributed by atoms with E-state index in [9.17, 15) is 19.2 Å². The van der Waals surface area contributed by atoms with Crippen molar-refractivity contribution in [1.29, 1.82) is 0 Å². The molecule has 39 heavy (non-hydrogen) atoms. The second kappa shape index (κ2) is 9.64. The second-order valence-electron chi connectivity index (χ2n) is 10.9. The van der Waals surface area contributed by atoms with Gasteiger partial charge in [-0.1, -0.05) is 12.1 Å². The molecule has 202 valence electrons. The molecule has 6 rings (SSSR count).